The standard InChI is InChI=1S/C53H58N4O/c1-50(2,3)37-20-23-47-46(31-37)45-22-21-43(34-48(45)57(47)49-32-38(24-25-54-49)51(4,5)6)58-44-30-40(52(7,8)9)29-42(33-44)56-27-26-55(35-56)41-19-15-18-39(28-41)53(10,11)36-16-13-12-14-17-36/h12-34H,35H2,1-11H3. The van der Waals surface area contributed by atoms with Gasteiger partial charge in [0.25, 0.3) is 0 Å². The molecule has 5 nitrogen and oxygen atoms in total. The summed E-state index contributed by atoms with van der Waals surface area (Å²) in [7, 11) is 0. The van der Waals surface area contributed by atoms with Gasteiger partial charge in [-0.05, 0) is 105 Å². The highest BCUT2D eigenvalue weighted by atomic mass is 16.5. The summed E-state index contributed by atoms with van der Waals surface area (Å²) in [5.74, 6) is 2.50. The van der Waals surface area contributed by atoms with Crippen LogP contribution in [0.15, 0.2) is 140 Å². The van der Waals surface area contributed by atoms with E-state index in [1.54, 1.807) is 0 Å². The van der Waals surface area contributed by atoms with E-state index in [1.807, 2.05) is 6.20 Å². The van der Waals surface area contributed by atoms with E-state index in [0.717, 1.165) is 34.0 Å². The molecule has 5 aromatic carbocycles. The second-order valence-electron chi connectivity index (χ2n) is 19.6. The summed E-state index contributed by atoms with van der Waals surface area (Å²) in [6.07, 6.45) is 6.29. The van der Waals surface area contributed by atoms with E-state index < -0.39 is 0 Å². The monoisotopic (exact) mass is 766 g/mol. The lowest BCUT2D eigenvalue weighted by molar-refractivity contribution is 0.479. The van der Waals surface area contributed by atoms with Gasteiger partial charge in [0.2, 0.25) is 0 Å². The fourth-order valence-electron chi connectivity index (χ4n) is 8.01. The van der Waals surface area contributed by atoms with Crippen molar-refractivity contribution in [3.63, 3.8) is 0 Å². The zero-order valence-electron chi connectivity index (χ0n) is 36.2. The molecule has 0 saturated heterocycles. The summed E-state index contributed by atoms with van der Waals surface area (Å²) in [4.78, 5) is 9.56. The Bertz CT molecular complexity index is 2660. The van der Waals surface area contributed by atoms with Gasteiger partial charge in [0.05, 0.1) is 17.7 Å². The van der Waals surface area contributed by atoms with E-state index >= 15 is 0 Å². The van der Waals surface area contributed by atoms with Crippen LogP contribution in [0, 0.1) is 0 Å². The molecular formula is C53H58N4O. The average molecular weight is 767 g/mol. The van der Waals surface area contributed by atoms with Gasteiger partial charge in [-0.25, -0.2) is 4.98 Å². The number of nitrogens with zero attached hydrogens (tertiary/aromatic N) is 4. The molecule has 0 fully saturated rings. The predicted octanol–water partition coefficient (Wildman–Crippen LogP) is 13.9. The Morgan fingerprint density at radius 3 is 1.83 bits per heavy atom. The summed E-state index contributed by atoms with van der Waals surface area (Å²) >= 11 is 0. The molecule has 0 saturated carbocycles. The molecule has 58 heavy (non-hydrogen) atoms. The lowest BCUT2D eigenvalue weighted by Gasteiger charge is -2.28. The van der Waals surface area contributed by atoms with Crippen molar-refractivity contribution < 1.29 is 4.74 Å². The fourth-order valence-corrected chi connectivity index (χ4v) is 8.01. The molecule has 0 aliphatic carbocycles. The van der Waals surface area contributed by atoms with Crippen molar-refractivity contribution in [3.8, 4) is 17.3 Å². The third-order valence-electron chi connectivity index (χ3n) is 11.9. The number of anilines is 2. The zero-order chi connectivity index (χ0) is 41.2. The second-order valence-corrected chi connectivity index (χ2v) is 19.6. The third-order valence-corrected chi connectivity index (χ3v) is 11.9. The van der Waals surface area contributed by atoms with E-state index in [1.165, 1.54) is 44.3 Å². The van der Waals surface area contributed by atoms with Gasteiger partial charge in [-0.3, -0.25) is 4.57 Å². The first kappa shape index (κ1) is 39.0. The van der Waals surface area contributed by atoms with Crippen LogP contribution in [0.3, 0.4) is 0 Å². The van der Waals surface area contributed by atoms with Gasteiger partial charge < -0.3 is 14.5 Å². The van der Waals surface area contributed by atoms with Crippen LogP contribution in [-0.2, 0) is 21.7 Å². The first-order chi connectivity index (χ1) is 27.4. The van der Waals surface area contributed by atoms with Crippen molar-refractivity contribution in [3.05, 3.63) is 168 Å². The van der Waals surface area contributed by atoms with Crippen LogP contribution < -0.4 is 14.5 Å². The number of hydrogen-bond acceptors (Lipinski definition) is 4. The van der Waals surface area contributed by atoms with Gasteiger partial charge in [0.1, 0.15) is 17.3 Å². The zero-order valence-corrected chi connectivity index (χ0v) is 36.2. The number of aromatic nitrogens is 2. The minimum Gasteiger partial charge on any atom is -0.457 e. The highest BCUT2D eigenvalue weighted by Crippen LogP contribution is 2.40. The summed E-state index contributed by atoms with van der Waals surface area (Å²) in [6, 6.07) is 44.1. The molecule has 5 heteroatoms. The Hall–Kier alpha value is -5.81. The topological polar surface area (TPSA) is 33.5 Å². The lowest BCUT2D eigenvalue weighted by Crippen LogP contribution is -2.26. The first-order valence-electron chi connectivity index (χ1n) is 20.6. The Kier molecular flexibility index (Phi) is 9.58. The van der Waals surface area contributed by atoms with Gasteiger partial charge >= 0.3 is 0 Å². The number of rotatable bonds is 7. The molecule has 7 aromatic rings. The van der Waals surface area contributed by atoms with Crippen molar-refractivity contribution in [2.24, 2.45) is 0 Å². The minimum atomic E-state index is -0.118. The molecule has 0 unspecified atom stereocenters. The van der Waals surface area contributed by atoms with Crippen molar-refractivity contribution in [2.75, 3.05) is 16.5 Å². The highest BCUT2D eigenvalue weighted by Gasteiger charge is 2.26. The number of benzene rings is 5. The normalized spacial score (nSPS) is 13.9. The highest BCUT2D eigenvalue weighted by molar-refractivity contribution is 6.09. The van der Waals surface area contributed by atoms with Crippen molar-refractivity contribution >= 4 is 33.2 Å². The number of pyridine rings is 1. The molecule has 0 radical (unpaired) electrons. The lowest BCUT2D eigenvalue weighted by atomic mass is 9.78. The first-order valence-corrected chi connectivity index (χ1v) is 20.6. The summed E-state index contributed by atoms with van der Waals surface area (Å²) < 4.78 is 9.18. The quantitative estimate of drug-likeness (QED) is 0.162. The molecule has 0 amide bonds. The summed E-state index contributed by atoms with van der Waals surface area (Å²) in [5, 5.41) is 2.40. The van der Waals surface area contributed by atoms with Gasteiger partial charge in [-0.2, -0.15) is 0 Å². The van der Waals surface area contributed by atoms with Crippen LogP contribution in [-0.4, -0.2) is 16.2 Å². The van der Waals surface area contributed by atoms with Gasteiger partial charge in [0, 0.05) is 58.3 Å². The number of hydrogen-bond donors (Lipinski definition) is 0. The van der Waals surface area contributed by atoms with Gasteiger partial charge in [-0.1, -0.05) is 125 Å². The minimum absolute atomic E-state index is 0.00914. The van der Waals surface area contributed by atoms with Gasteiger partial charge in [-0.15, -0.1) is 0 Å². The second kappa shape index (κ2) is 14.2. The van der Waals surface area contributed by atoms with Crippen molar-refractivity contribution in [1.29, 1.82) is 0 Å². The van der Waals surface area contributed by atoms with Gasteiger partial charge in [0.15, 0.2) is 0 Å². The van der Waals surface area contributed by atoms with E-state index in [0.29, 0.717) is 6.67 Å². The maximum atomic E-state index is 6.87. The fraction of sp³-hybridized carbons (Fsp3) is 0.302. The van der Waals surface area contributed by atoms with Crippen LogP contribution in [0.1, 0.15) is 104 Å². The molecule has 2 aromatic heterocycles. The van der Waals surface area contributed by atoms with E-state index in [2.05, 4.69) is 224 Å². The molecule has 0 bridgehead atoms. The summed E-state index contributed by atoms with van der Waals surface area (Å²) in [5.41, 5.74) is 10.6. The van der Waals surface area contributed by atoms with Crippen LogP contribution in [0.2, 0.25) is 0 Å². The van der Waals surface area contributed by atoms with Crippen molar-refractivity contribution in [1.82, 2.24) is 9.55 Å². The van der Waals surface area contributed by atoms with E-state index in [4.69, 9.17) is 9.72 Å². The molecule has 1 aliphatic heterocycles. The third kappa shape index (κ3) is 7.51. The molecule has 0 atom stereocenters. The predicted molar refractivity (Wildman–Crippen MR) is 245 cm³/mol. The SMILES string of the molecule is CC(C)(C)c1cc(Oc2ccc3c4cc(C(C)(C)C)ccc4n(-c4cc(C(C)(C)C)ccn4)c3c2)cc(N2C=CN(c3cccc(C(C)(C)c4ccccc4)c3)C2)c1. The molecule has 8 rings (SSSR count). The van der Waals surface area contributed by atoms with Crippen LogP contribution in [0.4, 0.5) is 11.4 Å². The molecule has 0 N–H and O–H groups in total. The molecule has 296 valence electrons. The van der Waals surface area contributed by atoms with Crippen LogP contribution in [0.5, 0.6) is 11.5 Å². The maximum absolute atomic E-state index is 6.87. The molecule has 3 heterocycles. The van der Waals surface area contributed by atoms with Crippen LogP contribution >= 0.6 is 0 Å². The molecule has 1 aliphatic rings. The van der Waals surface area contributed by atoms with Crippen LogP contribution in [0.25, 0.3) is 27.6 Å². The Morgan fingerprint density at radius 2 is 1.12 bits per heavy atom. The average Bonchev–Trinajstić information content (AvgIpc) is 3.81. The number of fused-ring (bicyclic) bond motifs is 3. The summed E-state index contributed by atoms with van der Waals surface area (Å²) in [6.45, 7) is 25.7. The molecular weight excluding hydrogens is 709 g/mol. The van der Waals surface area contributed by atoms with E-state index in [-0.39, 0.29) is 21.7 Å². The van der Waals surface area contributed by atoms with Crippen molar-refractivity contribution in [2.45, 2.75) is 97.8 Å². The smallest absolute Gasteiger partial charge is 0.137 e. The Morgan fingerprint density at radius 1 is 0.466 bits per heavy atom. The Labute approximate surface area is 345 Å². The Balaban J connectivity index is 1.15. The number of ether oxygens (including phenoxy) is 1. The molecule has 0 spiro atoms. The van der Waals surface area contributed by atoms with E-state index in [9.17, 15) is 0 Å². The largest absolute Gasteiger partial charge is 0.457 e. The maximum Gasteiger partial charge on any atom is 0.137 e.